The molecule has 0 radical (unpaired) electrons. The second-order valence-corrected chi connectivity index (χ2v) is 7.32. The van der Waals surface area contributed by atoms with E-state index in [0.717, 1.165) is 16.1 Å². The molecule has 0 spiro atoms. The van der Waals surface area contributed by atoms with Crippen LogP contribution in [0, 0.1) is 18.8 Å². The number of rotatable bonds is 4. The monoisotopic (exact) mass is 356 g/mol. The summed E-state index contributed by atoms with van der Waals surface area (Å²) >= 11 is 1.38. The Balaban J connectivity index is 1.56. The predicted octanol–water partition coefficient (Wildman–Crippen LogP) is 2.71. The first-order chi connectivity index (χ1) is 12.0. The number of carbonyl (C=O) groups excluding carboxylic acids is 1. The minimum absolute atomic E-state index is 0.363. The maximum absolute atomic E-state index is 12.7. The summed E-state index contributed by atoms with van der Waals surface area (Å²) in [7, 11) is 0. The number of thiazole rings is 1. The van der Waals surface area contributed by atoms with Crippen LogP contribution in [0.3, 0.4) is 0 Å². The van der Waals surface area contributed by atoms with Crippen molar-refractivity contribution in [2.45, 2.75) is 19.1 Å². The van der Waals surface area contributed by atoms with Gasteiger partial charge in [-0.05, 0) is 6.92 Å². The third-order valence-electron chi connectivity index (χ3n) is 4.56. The predicted molar refractivity (Wildman–Crippen MR) is 93.3 cm³/mol. The number of carbonyl (C=O) groups is 2. The summed E-state index contributed by atoms with van der Waals surface area (Å²) in [4.78, 5) is 29.6. The normalized spacial score (nSPS) is 26.8. The number of aryl methyl sites for hydroxylation is 1. The Kier molecular flexibility index (Phi) is 3.89. The van der Waals surface area contributed by atoms with E-state index in [0.29, 0.717) is 5.13 Å². The second kappa shape index (κ2) is 6.09. The van der Waals surface area contributed by atoms with E-state index in [1.165, 1.54) is 11.3 Å². The number of nitrogens with one attached hydrogen (secondary N) is 1. The third-order valence-corrected chi connectivity index (χ3v) is 5.45. The van der Waals surface area contributed by atoms with E-state index in [1.54, 1.807) is 12.2 Å². The van der Waals surface area contributed by atoms with Crippen LogP contribution in [-0.2, 0) is 14.3 Å². The van der Waals surface area contributed by atoms with Crippen LogP contribution in [0.2, 0.25) is 0 Å². The number of aromatic nitrogens is 1. The van der Waals surface area contributed by atoms with Crippen molar-refractivity contribution in [3.63, 3.8) is 0 Å². The second-order valence-electron chi connectivity index (χ2n) is 6.12. The molecular weight excluding hydrogens is 340 g/mol. The molecule has 128 valence electrons. The number of carboxylic acids is 1. The Hall–Kier alpha value is -2.51. The van der Waals surface area contributed by atoms with E-state index in [1.807, 2.05) is 37.3 Å². The zero-order valence-corrected chi connectivity index (χ0v) is 14.2. The lowest BCUT2D eigenvalue weighted by atomic mass is 9.82. The molecule has 2 N–H and O–H groups in total. The highest BCUT2D eigenvalue weighted by molar-refractivity contribution is 7.16. The molecule has 4 unspecified atom stereocenters. The third kappa shape index (κ3) is 2.75. The van der Waals surface area contributed by atoms with Gasteiger partial charge in [-0.25, -0.2) is 4.98 Å². The quantitative estimate of drug-likeness (QED) is 0.823. The van der Waals surface area contributed by atoms with Crippen molar-refractivity contribution in [2.24, 2.45) is 11.8 Å². The molecular formula is C18H16N2O4S. The molecule has 1 saturated heterocycles. The number of amides is 1. The van der Waals surface area contributed by atoms with Gasteiger partial charge in [-0.2, -0.15) is 0 Å². The molecule has 6 nitrogen and oxygen atoms in total. The number of fused-ring (bicyclic) bond motifs is 2. The lowest BCUT2D eigenvalue weighted by Crippen LogP contribution is -2.39. The van der Waals surface area contributed by atoms with Crippen LogP contribution in [0.15, 0.2) is 42.5 Å². The topological polar surface area (TPSA) is 88.5 Å². The molecule has 2 bridgehead atoms. The summed E-state index contributed by atoms with van der Waals surface area (Å²) in [6.07, 6.45) is 2.46. The molecule has 7 heteroatoms. The van der Waals surface area contributed by atoms with Crippen LogP contribution in [-0.4, -0.2) is 34.2 Å². The Labute approximate surface area is 148 Å². The molecule has 1 fully saturated rings. The van der Waals surface area contributed by atoms with Gasteiger partial charge in [-0.15, -0.1) is 11.3 Å². The highest BCUT2D eigenvalue weighted by atomic mass is 32.1. The van der Waals surface area contributed by atoms with Gasteiger partial charge in [0.1, 0.15) is 5.92 Å². The van der Waals surface area contributed by atoms with Crippen LogP contribution in [0.5, 0.6) is 0 Å². The van der Waals surface area contributed by atoms with Gasteiger partial charge >= 0.3 is 5.97 Å². The first kappa shape index (κ1) is 16.0. The number of anilines is 1. The zero-order chi connectivity index (χ0) is 17.6. The summed E-state index contributed by atoms with van der Waals surface area (Å²) < 4.78 is 5.55. The lowest BCUT2D eigenvalue weighted by Gasteiger charge is -2.20. The summed E-state index contributed by atoms with van der Waals surface area (Å²) in [6, 6.07) is 9.72. The number of nitrogens with zero attached hydrogens (tertiary/aromatic N) is 1. The van der Waals surface area contributed by atoms with Crippen LogP contribution >= 0.6 is 11.3 Å². The smallest absolute Gasteiger partial charge is 0.310 e. The minimum Gasteiger partial charge on any atom is -0.481 e. The molecule has 0 saturated carbocycles. The summed E-state index contributed by atoms with van der Waals surface area (Å²) in [5, 5.41) is 12.7. The van der Waals surface area contributed by atoms with E-state index >= 15 is 0 Å². The highest BCUT2D eigenvalue weighted by Gasteiger charge is 2.53. The number of benzene rings is 1. The van der Waals surface area contributed by atoms with E-state index in [4.69, 9.17) is 4.74 Å². The number of carboxylic acid groups (broad SMARTS) is 1. The van der Waals surface area contributed by atoms with Gasteiger partial charge in [0.15, 0.2) is 5.13 Å². The van der Waals surface area contributed by atoms with Crippen LogP contribution in [0.4, 0.5) is 5.13 Å². The van der Waals surface area contributed by atoms with Gasteiger partial charge in [0, 0.05) is 10.4 Å². The van der Waals surface area contributed by atoms with Crippen molar-refractivity contribution in [1.29, 1.82) is 0 Å². The first-order valence-electron chi connectivity index (χ1n) is 7.95. The zero-order valence-electron chi connectivity index (χ0n) is 13.4. The number of hydrogen-bond donors (Lipinski definition) is 2. The van der Waals surface area contributed by atoms with Crippen LogP contribution in [0.25, 0.3) is 11.3 Å². The molecule has 2 aliphatic rings. The van der Waals surface area contributed by atoms with Gasteiger partial charge in [-0.1, -0.05) is 42.5 Å². The van der Waals surface area contributed by atoms with Crippen LogP contribution < -0.4 is 5.32 Å². The molecule has 1 aromatic heterocycles. The molecule has 2 aliphatic heterocycles. The molecule has 4 atom stereocenters. The van der Waals surface area contributed by atoms with E-state index in [9.17, 15) is 14.7 Å². The summed E-state index contributed by atoms with van der Waals surface area (Å²) in [5.41, 5.74) is 1.80. The molecule has 1 aromatic carbocycles. The van der Waals surface area contributed by atoms with E-state index in [-0.39, 0.29) is 5.91 Å². The van der Waals surface area contributed by atoms with Crippen molar-refractivity contribution in [3.05, 3.63) is 47.4 Å². The maximum atomic E-state index is 12.7. The Bertz CT molecular complexity index is 861. The first-order valence-corrected chi connectivity index (χ1v) is 8.76. The largest absolute Gasteiger partial charge is 0.481 e. The van der Waals surface area contributed by atoms with Gasteiger partial charge in [0.25, 0.3) is 0 Å². The van der Waals surface area contributed by atoms with Crippen molar-refractivity contribution in [1.82, 2.24) is 4.98 Å². The Morgan fingerprint density at radius 3 is 2.52 bits per heavy atom. The average Bonchev–Trinajstić information content (AvgIpc) is 3.29. The van der Waals surface area contributed by atoms with Gasteiger partial charge < -0.3 is 15.2 Å². The van der Waals surface area contributed by atoms with E-state index < -0.39 is 30.0 Å². The molecule has 0 aliphatic carbocycles. The van der Waals surface area contributed by atoms with Crippen molar-refractivity contribution in [2.75, 3.05) is 5.32 Å². The van der Waals surface area contributed by atoms with Crippen LogP contribution in [0.1, 0.15) is 4.88 Å². The van der Waals surface area contributed by atoms with Crippen molar-refractivity contribution in [3.8, 4) is 11.3 Å². The van der Waals surface area contributed by atoms with Crippen molar-refractivity contribution < 1.29 is 19.4 Å². The SMILES string of the molecule is Cc1sc(NC(=O)C2C3C=CC(O3)C2C(=O)O)nc1-c1ccccc1. The van der Waals surface area contributed by atoms with Gasteiger partial charge in [-0.3, -0.25) is 9.59 Å². The fourth-order valence-corrected chi connectivity index (χ4v) is 4.26. The molecule has 4 rings (SSSR count). The number of ether oxygens (including phenoxy) is 1. The Morgan fingerprint density at radius 2 is 1.84 bits per heavy atom. The number of aliphatic carboxylic acids is 1. The summed E-state index contributed by atoms with van der Waals surface area (Å²) in [6.45, 7) is 1.94. The fourth-order valence-electron chi connectivity index (χ4n) is 3.42. The molecule has 1 amide bonds. The van der Waals surface area contributed by atoms with Crippen molar-refractivity contribution >= 4 is 28.3 Å². The van der Waals surface area contributed by atoms with E-state index in [2.05, 4.69) is 10.3 Å². The number of hydrogen-bond acceptors (Lipinski definition) is 5. The fraction of sp³-hybridized carbons (Fsp3) is 0.278. The average molecular weight is 356 g/mol. The highest BCUT2D eigenvalue weighted by Crippen LogP contribution is 2.40. The standard InChI is InChI=1S/C18H16N2O4S/c1-9-15(10-5-3-2-4-6-10)19-18(25-9)20-16(21)13-11-7-8-12(24-11)14(13)17(22)23/h2-8,11-14H,1H3,(H,22,23)(H,19,20,21). The maximum Gasteiger partial charge on any atom is 0.310 e. The molecule has 2 aromatic rings. The minimum atomic E-state index is -1.02. The molecule has 25 heavy (non-hydrogen) atoms. The summed E-state index contributed by atoms with van der Waals surface area (Å²) in [5.74, 6) is -2.98. The van der Waals surface area contributed by atoms with Gasteiger partial charge in [0.05, 0.1) is 23.8 Å². The lowest BCUT2D eigenvalue weighted by molar-refractivity contribution is -0.145. The van der Waals surface area contributed by atoms with Gasteiger partial charge in [0.2, 0.25) is 5.91 Å². The molecule has 3 heterocycles. The Morgan fingerprint density at radius 1 is 1.16 bits per heavy atom.